The molecule has 2 aliphatic heterocycles. The zero-order valence-electron chi connectivity index (χ0n) is 24.1. The molecule has 4 rings (SSSR count). The molecule has 2 aliphatic rings. The molecule has 218 valence electrons. The first-order chi connectivity index (χ1) is 19.9. The van der Waals surface area contributed by atoms with Gasteiger partial charge in [0.15, 0.2) is 16.7 Å². The molecular formula is C31H37N3O6S. The minimum atomic E-state index is -0.590. The molecule has 0 fully saturated rings. The molecule has 0 radical (unpaired) electrons. The molecule has 2 aromatic carbocycles. The van der Waals surface area contributed by atoms with E-state index in [9.17, 15) is 9.59 Å². The standard InChI is InChI=1S/C31H37N3O6S/c1-6-20(2)32-27(35)17-24-19-41-31-33-21(3)28(30(36)39-15-14-37-4)29(34(24)31)23-12-13-25(26(16-23)38-5)40-18-22-10-8-7-9-11-22/h7-13,16,19-20,29H,6,14-15,17-18H2,1-5H3,(H,32,35). The smallest absolute Gasteiger partial charge is 0.338 e. The Morgan fingerprint density at radius 3 is 2.59 bits per heavy atom. The molecule has 2 unspecified atom stereocenters. The van der Waals surface area contributed by atoms with Crippen molar-refractivity contribution < 1.29 is 28.5 Å². The van der Waals surface area contributed by atoms with Crippen LogP contribution in [0.2, 0.25) is 0 Å². The van der Waals surface area contributed by atoms with E-state index < -0.39 is 12.0 Å². The second-order valence-corrected chi connectivity index (χ2v) is 10.6. The number of carbonyl (C=O) groups is 2. The number of aliphatic imine (C=N–C) groups is 1. The van der Waals surface area contributed by atoms with E-state index in [4.69, 9.17) is 23.9 Å². The number of fused-ring (bicyclic) bond motifs is 1. The zero-order valence-corrected chi connectivity index (χ0v) is 25.0. The topological polar surface area (TPSA) is 98.7 Å². The van der Waals surface area contributed by atoms with Crippen molar-refractivity contribution in [2.75, 3.05) is 27.4 Å². The number of carbonyl (C=O) groups excluding carboxylic acids is 2. The van der Waals surface area contributed by atoms with Crippen LogP contribution in [0.3, 0.4) is 0 Å². The van der Waals surface area contributed by atoms with Gasteiger partial charge in [-0.05, 0) is 48.9 Å². The summed E-state index contributed by atoms with van der Waals surface area (Å²) in [4.78, 5) is 33.0. The van der Waals surface area contributed by atoms with Crippen LogP contribution >= 0.6 is 11.8 Å². The summed E-state index contributed by atoms with van der Waals surface area (Å²) in [5.74, 6) is 0.522. The predicted octanol–water partition coefficient (Wildman–Crippen LogP) is 5.34. The predicted molar refractivity (Wildman–Crippen MR) is 160 cm³/mol. The van der Waals surface area contributed by atoms with E-state index in [0.717, 1.165) is 23.2 Å². The van der Waals surface area contributed by atoms with Crippen LogP contribution in [0.5, 0.6) is 11.5 Å². The lowest BCUT2D eigenvalue weighted by atomic mass is 9.93. The van der Waals surface area contributed by atoms with Gasteiger partial charge in [-0.3, -0.25) is 4.79 Å². The number of thioether (sulfide) groups is 1. The monoisotopic (exact) mass is 579 g/mol. The van der Waals surface area contributed by atoms with E-state index in [2.05, 4.69) is 5.32 Å². The van der Waals surface area contributed by atoms with E-state index in [1.165, 1.54) is 11.8 Å². The number of esters is 1. The summed E-state index contributed by atoms with van der Waals surface area (Å²) in [5, 5.41) is 5.64. The third kappa shape index (κ3) is 7.31. The second kappa shape index (κ2) is 14.2. The van der Waals surface area contributed by atoms with Crippen LogP contribution in [0.15, 0.2) is 75.9 Å². The van der Waals surface area contributed by atoms with Gasteiger partial charge in [0, 0.05) is 18.8 Å². The number of nitrogens with one attached hydrogen (secondary N) is 1. The number of rotatable bonds is 13. The van der Waals surface area contributed by atoms with Crippen LogP contribution in [0.1, 0.15) is 50.8 Å². The summed E-state index contributed by atoms with van der Waals surface area (Å²) in [5.41, 5.74) is 3.50. The lowest BCUT2D eigenvalue weighted by molar-refractivity contribution is -0.141. The van der Waals surface area contributed by atoms with Gasteiger partial charge in [0.1, 0.15) is 13.2 Å². The van der Waals surface area contributed by atoms with Crippen molar-refractivity contribution in [2.45, 2.75) is 52.3 Å². The minimum Gasteiger partial charge on any atom is -0.493 e. The highest BCUT2D eigenvalue weighted by atomic mass is 32.2. The molecular weight excluding hydrogens is 542 g/mol. The number of allylic oxidation sites excluding steroid dienone is 1. The lowest BCUT2D eigenvalue weighted by Gasteiger charge is -2.36. The first-order valence-corrected chi connectivity index (χ1v) is 14.5. The highest BCUT2D eigenvalue weighted by Gasteiger charge is 2.41. The van der Waals surface area contributed by atoms with E-state index in [1.54, 1.807) is 21.1 Å². The maximum atomic E-state index is 13.5. The van der Waals surface area contributed by atoms with Crippen LogP contribution in [0.4, 0.5) is 0 Å². The van der Waals surface area contributed by atoms with Gasteiger partial charge in [-0.15, -0.1) is 0 Å². The van der Waals surface area contributed by atoms with Crippen molar-refractivity contribution in [3.63, 3.8) is 0 Å². The Labute approximate surface area is 245 Å². The first-order valence-electron chi connectivity index (χ1n) is 13.6. The quantitative estimate of drug-likeness (QED) is 0.251. The molecule has 2 atom stereocenters. The summed E-state index contributed by atoms with van der Waals surface area (Å²) in [7, 11) is 3.13. The number of amidine groups is 1. The van der Waals surface area contributed by atoms with E-state index in [1.807, 2.05) is 72.7 Å². The molecule has 0 saturated carbocycles. The molecule has 2 aromatic rings. The van der Waals surface area contributed by atoms with Crippen molar-refractivity contribution in [3.05, 3.63) is 82.0 Å². The van der Waals surface area contributed by atoms with Crippen molar-refractivity contribution in [3.8, 4) is 11.5 Å². The van der Waals surface area contributed by atoms with Crippen molar-refractivity contribution in [1.82, 2.24) is 10.2 Å². The number of nitrogens with zero attached hydrogens (tertiary/aromatic N) is 2. The Hall–Kier alpha value is -3.76. The highest BCUT2D eigenvalue weighted by molar-refractivity contribution is 8.16. The van der Waals surface area contributed by atoms with Crippen LogP contribution in [0.25, 0.3) is 0 Å². The average molecular weight is 580 g/mol. The van der Waals surface area contributed by atoms with Crippen LogP contribution in [-0.2, 0) is 25.7 Å². The maximum absolute atomic E-state index is 13.5. The number of ether oxygens (including phenoxy) is 4. The molecule has 0 aromatic heterocycles. The first kappa shape index (κ1) is 30.2. The minimum absolute atomic E-state index is 0.0589. The summed E-state index contributed by atoms with van der Waals surface area (Å²) in [6.07, 6.45) is 0.976. The number of hydrogen-bond donors (Lipinski definition) is 1. The van der Waals surface area contributed by atoms with Gasteiger partial charge >= 0.3 is 5.97 Å². The third-order valence-electron chi connectivity index (χ3n) is 6.84. The fraction of sp³-hybridized carbons (Fsp3) is 0.387. The number of methoxy groups -OCH3 is 2. The number of amides is 1. The summed E-state index contributed by atoms with van der Waals surface area (Å²) >= 11 is 1.43. The summed E-state index contributed by atoms with van der Waals surface area (Å²) < 4.78 is 22.4. The molecule has 10 heteroatoms. The lowest BCUT2D eigenvalue weighted by Crippen LogP contribution is -2.39. The summed E-state index contributed by atoms with van der Waals surface area (Å²) in [6, 6.07) is 15.0. The van der Waals surface area contributed by atoms with Crippen LogP contribution < -0.4 is 14.8 Å². The number of hydrogen-bond acceptors (Lipinski definition) is 9. The molecule has 9 nitrogen and oxygen atoms in total. The highest BCUT2D eigenvalue weighted by Crippen LogP contribution is 2.46. The van der Waals surface area contributed by atoms with Gasteiger partial charge in [-0.25, -0.2) is 9.79 Å². The number of benzene rings is 2. The maximum Gasteiger partial charge on any atom is 0.338 e. The Morgan fingerprint density at radius 2 is 1.88 bits per heavy atom. The Morgan fingerprint density at radius 1 is 1.10 bits per heavy atom. The SMILES string of the molecule is CCC(C)NC(=O)CC1=CSC2=NC(C)=C(C(=O)OCCOC)C(c3ccc(OCc4ccccc4)c(OC)c3)N12. The molecule has 0 spiro atoms. The van der Waals surface area contributed by atoms with Crippen LogP contribution in [0, 0.1) is 0 Å². The molecule has 41 heavy (non-hydrogen) atoms. The molecule has 2 heterocycles. The van der Waals surface area contributed by atoms with Crippen molar-refractivity contribution in [2.24, 2.45) is 4.99 Å². The van der Waals surface area contributed by atoms with Crippen molar-refractivity contribution >= 4 is 28.8 Å². The molecule has 0 saturated heterocycles. The van der Waals surface area contributed by atoms with E-state index in [0.29, 0.717) is 34.5 Å². The van der Waals surface area contributed by atoms with Crippen LogP contribution in [-0.4, -0.2) is 55.4 Å². The average Bonchev–Trinajstić information content (AvgIpc) is 3.37. The van der Waals surface area contributed by atoms with Gasteiger partial charge in [-0.2, -0.15) is 0 Å². The molecule has 0 aliphatic carbocycles. The normalized spacial score (nSPS) is 16.9. The molecule has 1 N–H and O–H groups in total. The van der Waals surface area contributed by atoms with Crippen molar-refractivity contribution in [1.29, 1.82) is 0 Å². The van der Waals surface area contributed by atoms with E-state index in [-0.39, 0.29) is 31.6 Å². The van der Waals surface area contributed by atoms with E-state index >= 15 is 0 Å². The molecule has 0 bridgehead atoms. The van der Waals surface area contributed by atoms with Gasteiger partial charge in [0.25, 0.3) is 0 Å². The Balaban J connectivity index is 1.68. The second-order valence-electron chi connectivity index (χ2n) is 9.76. The van der Waals surface area contributed by atoms with Gasteiger partial charge in [0.05, 0.1) is 37.4 Å². The fourth-order valence-corrected chi connectivity index (χ4v) is 5.51. The fourth-order valence-electron chi connectivity index (χ4n) is 4.54. The zero-order chi connectivity index (χ0) is 29.4. The Kier molecular flexibility index (Phi) is 10.5. The van der Waals surface area contributed by atoms with Gasteiger partial charge < -0.3 is 29.2 Å². The van der Waals surface area contributed by atoms with Gasteiger partial charge in [0.2, 0.25) is 5.91 Å². The third-order valence-corrected chi connectivity index (χ3v) is 7.73. The largest absolute Gasteiger partial charge is 0.493 e. The Bertz CT molecular complexity index is 1340. The molecule has 1 amide bonds. The summed E-state index contributed by atoms with van der Waals surface area (Å²) in [6.45, 7) is 6.57. The van der Waals surface area contributed by atoms with Gasteiger partial charge in [-0.1, -0.05) is 55.1 Å².